The Labute approximate surface area is 118 Å². The Kier molecular flexibility index (Phi) is 6.12. The third-order valence-corrected chi connectivity index (χ3v) is 3.34. The lowest BCUT2D eigenvalue weighted by Crippen LogP contribution is -2.27. The van der Waals surface area contributed by atoms with Gasteiger partial charge in [0.25, 0.3) is 0 Å². The van der Waals surface area contributed by atoms with Crippen molar-refractivity contribution in [1.82, 2.24) is 0 Å². The number of nitrogens with two attached hydrogens (primary N) is 1. The van der Waals surface area contributed by atoms with E-state index in [1.165, 1.54) is 0 Å². The van der Waals surface area contributed by atoms with Gasteiger partial charge in [-0.05, 0) is 31.4 Å². The van der Waals surface area contributed by atoms with Crippen LogP contribution in [-0.4, -0.2) is 23.2 Å². The van der Waals surface area contributed by atoms with Crippen molar-refractivity contribution in [2.75, 3.05) is 0 Å². The number of benzene rings is 1. The molecule has 5 heteroatoms. The van der Waals surface area contributed by atoms with Crippen molar-refractivity contribution in [3.63, 3.8) is 0 Å². The molecule has 0 saturated carbocycles. The van der Waals surface area contributed by atoms with Gasteiger partial charge in [-0.25, -0.2) is 4.79 Å². The van der Waals surface area contributed by atoms with Crippen LogP contribution in [-0.2, 0) is 11.2 Å². The molecule has 2 unspecified atom stereocenters. The molecular weight excluding hydrogens is 266 g/mol. The largest absolute Gasteiger partial charge is 0.479 e. The molecule has 0 aromatic heterocycles. The van der Waals surface area contributed by atoms with Gasteiger partial charge in [-0.15, -0.1) is 0 Å². The van der Waals surface area contributed by atoms with Gasteiger partial charge >= 0.3 is 5.97 Å². The fourth-order valence-electron chi connectivity index (χ4n) is 1.72. The van der Waals surface area contributed by atoms with E-state index in [4.69, 9.17) is 27.2 Å². The summed E-state index contributed by atoms with van der Waals surface area (Å²) in [5, 5.41) is 9.60. The Balaban J connectivity index is 2.99. The van der Waals surface area contributed by atoms with E-state index in [0.29, 0.717) is 23.6 Å². The molecule has 1 rings (SSSR count). The smallest absolute Gasteiger partial charge is 0.344 e. The number of carbonyl (C=O) groups is 1. The zero-order chi connectivity index (χ0) is 14.4. The minimum atomic E-state index is -0.979. The molecule has 0 heterocycles. The summed E-state index contributed by atoms with van der Waals surface area (Å²) in [5.74, 6) is -0.473. The average molecular weight is 286 g/mol. The summed E-state index contributed by atoms with van der Waals surface area (Å²) in [7, 11) is 0. The summed E-state index contributed by atoms with van der Waals surface area (Å²) < 4.78 is 5.54. The molecule has 4 nitrogen and oxygen atoms in total. The molecule has 0 amide bonds. The van der Waals surface area contributed by atoms with Crippen LogP contribution in [0, 0.1) is 0 Å². The molecule has 0 radical (unpaired) electrons. The van der Waals surface area contributed by atoms with Gasteiger partial charge in [-0.1, -0.05) is 31.5 Å². The molecule has 106 valence electrons. The van der Waals surface area contributed by atoms with Crippen LogP contribution in [0.1, 0.15) is 32.3 Å². The molecule has 2 atom stereocenters. The highest BCUT2D eigenvalue weighted by Gasteiger charge is 2.20. The first-order chi connectivity index (χ1) is 8.99. The predicted octanol–water partition coefficient (Wildman–Crippen LogP) is 2.86. The normalized spacial score (nSPS) is 13.9. The molecule has 3 N–H and O–H groups in total. The summed E-state index contributed by atoms with van der Waals surface area (Å²) in [6.45, 7) is 3.76. The Hall–Kier alpha value is -1.26. The number of halogens is 1. The van der Waals surface area contributed by atoms with Crippen molar-refractivity contribution in [3.8, 4) is 5.75 Å². The Morgan fingerprint density at radius 2 is 2.11 bits per heavy atom. The number of rotatable bonds is 7. The summed E-state index contributed by atoms with van der Waals surface area (Å²) in [6.07, 6.45) is 0.916. The van der Waals surface area contributed by atoms with Gasteiger partial charge in [-0.3, -0.25) is 0 Å². The van der Waals surface area contributed by atoms with Crippen molar-refractivity contribution >= 4 is 17.6 Å². The van der Waals surface area contributed by atoms with Crippen molar-refractivity contribution in [1.29, 1.82) is 0 Å². The second kappa shape index (κ2) is 7.36. The van der Waals surface area contributed by atoms with Crippen LogP contribution < -0.4 is 10.5 Å². The van der Waals surface area contributed by atoms with Crippen LogP contribution in [0.5, 0.6) is 5.75 Å². The summed E-state index contributed by atoms with van der Waals surface area (Å²) in [6, 6.07) is 5.21. The molecule has 0 spiro atoms. The molecule has 0 aliphatic carbocycles. The van der Waals surface area contributed by atoms with Crippen LogP contribution in [0.3, 0.4) is 0 Å². The van der Waals surface area contributed by atoms with Crippen molar-refractivity contribution in [3.05, 3.63) is 28.8 Å². The maximum atomic E-state index is 11.0. The quantitative estimate of drug-likeness (QED) is 0.808. The molecule has 1 aromatic carbocycles. The lowest BCUT2D eigenvalue weighted by Gasteiger charge is -2.19. The molecule has 0 aliphatic rings. The molecule has 19 heavy (non-hydrogen) atoms. The molecule has 1 aromatic rings. The summed E-state index contributed by atoms with van der Waals surface area (Å²) in [4.78, 5) is 11.0. The SMILES string of the molecule is CCC(N)Cc1c(Cl)cccc1OC(CC)C(=O)O. The highest BCUT2D eigenvalue weighted by Crippen LogP contribution is 2.29. The molecule has 0 fully saturated rings. The van der Waals surface area contributed by atoms with Gasteiger partial charge in [0.15, 0.2) is 6.10 Å². The highest BCUT2D eigenvalue weighted by atomic mass is 35.5. The van der Waals surface area contributed by atoms with E-state index in [0.717, 1.165) is 12.0 Å². The summed E-state index contributed by atoms with van der Waals surface area (Å²) in [5.41, 5.74) is 6.71. The minimum absolute atomic E-state index is 0.0212. The topological polar surface area (TPSA) is 72.5 Å². The van der Waals surface area contributed by atoms with E-state index >= 15 is 0 Å². The zero-order valence-corrected chi connectivity index (χ0v) is 12.0. The fraction of sp³-hybridized carbons (Fsp3) is 0.500. The standard InChI is InChI=1S/C14H20ClNO3/c1-3-9(16)8-10-11(15)6-5-7-13(10)19-12(4-2)14(17)18/h5-7,9,12H,3-4,8,16H2,1-2H3,(H,17,18). The zero-order valence-electron chi connectivity index (χ0n) is 11.2. The maximum Gasteiger partial charge on any atom is 0.344 e. The second-order valence-corrected chi connectivity index (χ2v) is 4.85. The lowest BCUT2D eigenvalue weighted by molar-refractivity contribution is -0.145. The van der Waals surface area contributed by atoms with Crippen molar-refractivity contribution < 1.29 is 14.6 Å². The number of carboxylic acid groups (broad SMARTS) is 1. The second-order valence-electron chi connectivity index (χ2n) is 4.44. The van der Waals surface area contributed by atoms with Gasteiger partial charge in [-0.2, -0.15) is 0 Å². The number of ether oxygens (including phenoxy) is 1. The first-order valence-electron chi connectivity index (χ1n) is 6.42. The molecular formula is C14H20ClNO3. The fourth-order valence-corrected chi connectivity index (χ4v) is 1.96. The van der Waals surface area contributed by atoms with Crippen LogP contribution in [0.15, 0.2) is 18.2 Å². The molecule has 0 bridgehead atoms. The van der Waals surface area contributed by atoms with Gasteiger partial charge in [0.05, 0.1) is 0 Å². The van der Waals surface area contributed by atoms with Crippen molar-refractivity contribution in [2.45, 2.75) is 45.3 Å². The number of aliphatic carboxylic acids is 1. The lowest BCUT2D eigenvalue weighted by atomic mass is 10.0. The van der Waals surface area contributed by atoms with E-state index in [9.17, 15) is 4.79 Å². The monoisotopic (exact) mass is 285 g/mol. The Morgan fingerprint density at radius 1 is 1.42 bits per heavy atom. The van der Waals surface area contributed by atoms with E-state index in [2.05, 4.69) is 0 Å². The van der Waals surface area contributed by atoms with E-state index < -0.39 is 12.1 Å². The van der Waals surface area contributed by atoms with E-state index in [-0.39, 0.29) is 6.04 Å². The van der Waals surface area contributed by atoms with E-state index in [1.54, 1.807) is 25.1 Å². The third-order valence-electron chi connectivity index (χ3n) is 2.98. The van der Waals surface area contributed by atoms with Crippen molar-refractivity contribution in [2.24, 2.45) is 5.73 Å². The third kappa shape index (κ3) is 4.40. The van der Waals surface area contributed by atoms with Crippen LogP contribution in [0.2, 0.25) is 5.02 Å². The van der Waals surface area contributed by atoms with Gasteiger partial charge in [0.1, 0.15) is 5.75 Å². The average Bonchev–Trinajstić information content (AvgIpc) is 2.38. The van der Waals surface area contributed by atoms with Gasteiger partial charge in [0, 0.05) is 16.6 Å². The first-order valence-corrected chi connectivity index (χ1v) is 6.79. The predicted molar refractivity (Wildman–Crippen MR) is 75.8 cm³/mol. The molecule has 0 aliphatic heterocycles. The van der Waals surface area contributed by atoms with Crippen LogP contribution in [0.4, 0.5) is 0 Å². The minimum Gasteiger partial charge on any atom is -0.479 e. The highest BCUT2D eigenvalue weighted by molar-refractivity contribution is 6.31. The Morgan fingerprint density at radius 3 is 2.63 bits per heavy atom. The first kappa shape index (κ1) is 15.8. The van der Waals surface area contributed by atoms with Gasteiger partial charge in [0.2, 0.25) is 0 Å². The number of carboxylic acids is 1. The Bertz CT molecular complexity index is 437. The summed E-state index contributed by atoms with van der Waals surface area (Å²) >= 11 is 6.15. The van der Waals surface area contributed by atoms with Crippen LogP contribution in [0.25, 0.3) is 0 Å². The van der Waals surface area contributed by atoms with E-state index in [1.807, 2.05) is 6.92 Å². The molecule has 0 saturated heterocycles. The number of hydrogen-bond donors (Lipinski definition) is 2. The van der Waals surface area contributed by atoms with Gasteiger partial charge < -0.3 is 15.6 Å². The number of hydrogen-bond acceptors (Lipinski definition) is 3. The maximum absolute atomic E-state index is 11.0. The van der Waals surface area contributed by atoms with Crippen LogP contribution >= 0.6 is 11.6 Å².